The van der Waals surface area contributed by atoms with Crippen molar-refractivity contribution in [1.29, 1.82) is 0 Å². The molecule has 3 aromatic rings. The number of hydrogen-bond acceptors (Lipinski definition) is 7. The zero-order valence-corrected chi connectivity index (χ0v) is 20.0. The zero-order chi connectivity index (χ0) is 24.2. The van der Waals surface area contributed by atoms with Gasteiger partial charge in [-0.25, -0.2) is 0 Å². The highest BCUT2D eigenvalue weighted by Crippen LogP contribution is 2.47. The fraction of sp³-hybridized carbons (Fsp3) is 0.360. The van der Waals surface area contributed by atoms with Crippen LogP contribution in [0.4, 0.5) is 0 Å². The number of aromatic amines is 1. The number of hydrogen-bond donors (Lipinski definition) is 1. The lowest BCUT2D eigenvalue weighted by atomic mass is 9.95. The molecule has 1 unspecified atom stereocenters. The van der Waals surface area contributed by atoms with E-state index < -0.39 is 6.04 Å². The highest BCUT2D eigenvalue weighted by Gasteiger charge is 2.43. The molecule has 2 heterocycles. The number of benzene rings is 2. The molecule has 1 amide bonds. The Hall–Kier alpha value is -3.72. The zero-order valence-electron chi connectivity index (χ0n) is 20.0. The van der Waals surface area contributed by atoms with Crippen LogP contribution in [0.5, 0.6) is 23.0 Å². The van der Waals surface area contributed by atoms with Gasteiger partial charge < -0.3 is 28.6 Å². The summed E-state index contributed by atoms with van der Waals surface area (Å²) in [6.45, 7) is 1.05. The van der Waals surface area contributed by atoms with Gasteiger partial charge in [-0.05, 0) is 42.8 Å². The van der Waals surface area contributed by atoms with Gasteiger partial charge in [-0.15, -0.1) is 0 Å². The van der Waals surface area contributed by atoms with Crippen molar-refractivity contribution in [2.24, 2.45) is 0 Å². The van der Waals surface area contributed by atoms with Gasteiger partial charge in [0.15, 0.2) is 11.5 Å². The Morgan fingerprint density at radius 3 is 2.32 bits per heavy atom. The van der Waals surface area contributed by atoms with E-state index in [9.17, 15) is 4.79 Å². The van der Waals surface area contributed by atoms with Crippen molar-refractivity contribution >= 4 is 5.91 Å². The van der Waals surface area contributed by atoms with E-state index >= 15 is 0 Å². The number of fused-ring (bicyclic) bond motifs is 1. The molecule has 1 N–H and O–H groups in total. The molecule has 34 heavy (non-hydrogen) atoms. The van der Waals surface area contributed by atoms with Gasteiger partial charge >= 0.3 is 0 Å². The van der Waals surface area contributed by atoms with E-state index in [4.69, 9.17) is 23.7 Å². The average Bonchev–Trinajstić information content (AvgIpc) is 3.42. The van der Waals surface area contributed by atoms with Gasteiger partial charge in [0.2, 0.25) is 0 Å². The molecule has 1 atom stereocenters. The quantitative estimate of drug-likeness (QED) is 0.454. The maximum absolute atomic E-state index is 13.5. The van der Waals surface area contributed by atoms with E-state index in [1.807, 2.05) is 41.3 Å². The molecule has 0 aliphatic carbocycles. The number of rotatable bonds is 10. The van der Waals surface area contributed by atoms with Gasteiger partial charge in [0.05, 0.1) is 40.2 Å². The number of amides is 1. The van der Waals surface area contributed by atoms with Crippen molar-refractivity contribution in [3.8, 4) is 34.3 Å². The van der Waals surface area contributed by atoms with Crippen LogP contribution in [0, 0.1) is 0 Å². The molecular weight excluding hydrogens is 438 g/mol. The molecule has 1 aromatic heterocycles. The standard InChI is InChI=1S/C25H29N3O6/c1-30-12-6-11-28-24(17-14-16(31-2)8-10-18(17)32-3)21-22(26-27-23(21)25(28)29)15-7-9-19(33-4)20(13-15)34-5/h7-10,13-14,24H,6,11-12H2,1-5H3,(H,26,27). The summed E-state index contributed by atoms with van der Waals surface area (Å²) in [7, 11) is 8.05. The van der Waals surface area contributed by atoms with E-state index in [1.165, 1.54) is 0 Å². The fourth-order valence-corrected chi connectivity index (χ4v) is 4.39. The minimum atomic E-state index is -0.425. The van der Waals surface area contributed by atoms with Crippen molar-refractivity contribution in [3.63, 3.8) is 0 Å². The van der Waals surface area contributed by atoms with Crippen molar-refractivity contribution in [2.45, 2.75) is 12.5 Å². The van der Waals surface area contributed by atoms with E-state index in [2.05, 4.69) is 10.2 Å². The monoisotopic (exact) mass is 467 g/mol. The summed E-state index contributed by atoms with van der Waals surface area (Å²) in [6.07, 6.45) is 0.689. The van der Waals surface area contributed by atoms with Crippen LogP contribution in [0.2, 0.25) is 0 Å². The van der Waals surface area contributed by atoms with Gasteiger partial charge in [-0.1, -0.05) is 0 Å². The topological polar surface area (TPSA) is 95.1 Å². The van der Waals surface area contributed by atoms with Crippen LogP contribution in [0.1, 0.15) is 34.1 Å². The summed E-state index contributed by atoms with van der Waals surface area (Å²) < 4.78 is 27.3. The minimum absolute atomic E-state index is 0.125. The summed E-state index contributed by atoms with van der Waals surface area (Å²) in [4.78, 5) is 15.3. The largest absolute Gasteiger partial charge is 0.497 e. The maximum atomic E-state index is 13.5. The lowest BCUT2D eigenvalue weighted by Crippen LogP contribution is -2.31. The van der Waals surface area contributed by atoms with Gasteiger partial charge in [0.25, 0.3) is 5.91 Å². The van der Waals surface area contributed by atoms with E-state index in [0.717, 1.165) is 16.7 Å². The maximum Gasteiger partial charge on any atom is 0.273 e. The van der Waals surface area contributed by atoms with Crippen LogP contribution >= 0.6 is 0 Å². The molecule has 1 aliphatic rings. The Labute approximate surface area is 198 Å². The SMILES string of the molecule is COCCCN1C(=O)c2[nH]nc(-c3ccc(OC)c(OC)c3)c2C1c1cc(OC)ccc1OC. The molecule has 0 saturated carbocycles. The molecule has 0 spiro atoms. The van der Waals surface area contributed by atoms with Crippen molar-refractivity contribution in [3.05, 3.63) is 53.2 Å². The Morgan fingerprint density at radius 1 is 0.912 bits per heavy atom. The lowest BCUT2D eigenvalue weighted by molar-refractivity contribution is 0.0721. The first kappa shape index (κ1) is 23.4. The number of H-pyrrole nitrogens is 1. The van der Waals surface area contributed by atoms with Gasteiger partial charge in [0.1, 0.15) is 17.2 Å². The second kappa shape index (κ2) is 10.0. The first-order chi connectivity index (χ1) is 16.6. The molecule has 0 saturated heterocycles. The third kappa shape index (κ3) is 4.03. The summed E-state index contributed by atoms with van der Waals surface area (Å²) in [5, 5.41) is 7.50. The molecule has 1 aliphatic heterocycles. The molecule has 2 aromatic carbocycles. The normalized spacial score (nSPS) is 14.8. The van der Waals surface area contributed by atoms with Crippen LogP contribution < -0.4 is 18.9 Å². The summed E-state index contributed by atoms with van der Waals surface area (Å²) in [5.74, 6) is 2.39. The first-order valence-corrected chi connectivity index (χ1v) is 10.9. The number of nitrogens with zero attached hydrogens (tertiary/aromatic N) is 2. The smallest absolute Gasteiger partial charge is 0.273 e. The van der Waals surface area contributed by atoms with Crippen LogP contribution in [0.25, 0.3) is 11.3 Å². The van der Waals surface area contributed by atoms with Crippen LogP contribution in [-0.2, 0) is 4.74 Å². The predicted octanol–water partition coefficient (Wildman–Crippen LogP) is 3.69. The molecule has 9 nitrogen and oxygen atoms in total. The number of carbonyl (C=O) groups is 1. The number of ether oxygens (including phenoxy) is 5. The number of aromatic nitrogens is 2. The molecule has 0 fully saturated rings. The third-order valence-corrected chi connectivity index (χ3v) is 6.00. The summed E-state index contributed by atoms with van der Waals surface area (Å²) >= 11 is 0. The van der Waals surface area contributed by atoms with Crippen LogP contribution in [0.3, 0.4) is 0 Å². The Balaban J connectivity index is 1.89. The third-order valence-electron chi connectivity index (χ3n) is 6.00. The molecule has 0 bridgehead atoms. The molecule has 4 rings (SSSR count). The minimum Gasteiger partial charge on any atom is -0.497 e. The second-order valence-corrected chi connectivity index (χ2v) is 7.79. The average molecular weight is 468 g/mol. The lowest BCUT2D eigenvalue weighted by Gasteiger charge is -2.28. The number of nitrogens with one attached hydrogen (secondary N) is 1. The highest BCUT2D eigenvalue weighted by atomic mass is 16.5. The summed E-state index contributed by atoms with van der Waals surface area (Å²) in [5.41, 5.74) is 3.51. The van der Waals surface area contributed by atoms with Crippen LogP contribution in [0.15, 0.2) is 36.4 Å². The predicted molar refractivity (Wildman–Crippen MR) is 126 cm³/mol. The van der Waals surface area contributed by atoms with Crippen molar-refractivity contribution in [2.75, 3.05) is 48.7 Å². The van der Waals surface area contributed by atoms with Gasteiger partial charge in [-0.3, -0.25) is 9.89 Å². The van der Waals surface area contributed by atoms with Crippen LogP contribution in [-0.4, -0.2) is 69.7 Å². The Kier molecular flexibility index (Phi) is 6.93. The van der Waals surface area contributed by atoms with E-state index in [-0.39, 0.29) is 5.91 Å². The molecule has 180 valence electrons. The Bertz CT molecular complexity index is 1180. The van der Waals surface area contributed by atoms with E-state index in [0.29, 0.717) is 54.0 Å². The molecule has 0 radical (unpaired) electrons. The van der Waals surface area contributed by atoms with Crippen molar-refractivity contribution < 1.29 is 28.5 Å². The first-order valence-electron chi connectivity index (χ1n) is 10.9. The fourth-order valence-electron chi connectivity index (χ4n) is 4.39. The number of carbonyl (C=O) groups excluding carboxylic acids is 1. The van der Waals surface area contributed by atoms with Gasteiger partial charge in [0, 0.05) is 37.0 Å². The van der Waals surface area contributed by atoms with Crippen molar-refractivity contribution in [1.82, 2.24) is 15.1 Å². The molecular formula is C25H29N3O6. The summed E-state index contributed by atoms with van der Waals surface area (Å²) in [6, 6.07) is 10.7. The van der Waals surface area contributed by atoms with Gasteiger partial charge in [-0.2, -0.15) is 5.10 Å². The van der Waals surface area contributed by atoms with E-state index in [1.54, 1.807) is 35.5 Å². The second-order valence-electron chi connectivity index (χ2n) is 7.79. The number of methoxy groups -OCH3 is 5. The Morgan fingerprint density at radius 2 is 1.65 bits per heavy atom. The highest BCUT2D eigenvalue weighted by molar-refractivity contribution is 6.00. The molecule has 9 heteroatoms.